The van der Waals surface area contributed by atoms with Gasteiger partial charge in [-0.3, -0.25) is 9.97 Å². The molecule has 0 fully saturated rings. The molecule has 3 nitrogen and oxygen atoms in total. The Bertz CT molecular complexity index is 786. The fraction of sp³-hybridized carbons (Fsp3) is 0.176. The Morgan fingerprint density at radius 1 is 1.14 bits per heavy atom. The lowest BCUT2D eigenvalue weighted by Gasteiger charge is -2.20. The molecule has 1 aromatic carbocycles. The highest BCUT2D eigenvalue weighted by molar-refractivity contribution is 5.83. The van der Waals surface area contributed by atoms with Gasteiger partial charge in [0.05, 0.1) is 17.8 Å². The number of para-hydroxylation sites is 1. The average Bonchev–Trinajstić information content (AvgIpc) is 2.49. The zero-order chi connectivity index (χ0) is 14.8. The number of halogens is 1. The van der Waals surface area contributed by atoms with E-state index in [-0.39, 0.29) is 11.9 Å². The van der Waals surface area contributed by atoms with Crippen LogP contribution in [0.15, 0.2) is 48.8 Å². The van der Waals surface area contributed by atoms with Gasteiger partial charge in [-0.15, -0.1) is 0 Å². The molecule has 0 aliphatic heterocycles. The van der Waals surface area contributed by atoms with Crippen molar-refractivity contribution < 1.29 is 4.39 Å². The number of nitrogens with zero attached hydrogens (tertiary/aromatic N) is 2. The van der Waals surface area contributed by atoms with Gasteiger partial charge in [0.2, 0.25) is 0 Å². The topological polar surface area (TPSA) is 37.8 Å². The van der Waals surface area contributed by atoms with Gasteiger partial charge in [-0.05, 0) is 37.7 Å². The highest BCUT2D eigenvalue weighted by Crippen LogP contribution is 2.29. The Kier molecular flexibility index (Phi) is 3.62. The summed E-state index contributed by atoms with van der Waals surface area (Å²) in [6.07, 6.45) is 2.86. The number of hydrogen-bond donors (Lipinski definition) is 1. The summed E-state index contributed by atoms with van der Waals surface area (Å²) >= 11 is 0. The summed E-state index contributed by atoms with van der Waals surface area (Å²) < 4.78 is 14.1. The maximum absolute atomic E-state index is 14.1. The van der Waals surface area contributed by atoms with Crippen molar-refractivity contribution in [2.45, 2.75) is 13.0 Å². The van der Waals surface area contributed by atoms with Crippen LogP contribution < -0.4 is 5.32 Å². The molecule has 4 heteroatoms. The van der Waals surface area contributed by atoms with Crippen molar-refractivity contribution in [1.29, 1.82) is 0 Å². The predicted octanol–water partition coefficient (Wildman–Crippen LogP) is 3.39. The van der Waals surface area contributed by atoms with Crippen LogP contribution in [0.2, 0.25) is 0 Å². The average molecular weight is 281 g/mol. The molecule has 3 rings (SSSR count). The highest BCUT2D eigenvalue weighted by Gasteiger charge is 2.19. The van der Waals surface area contributed by atoms with Gasteiger partial charge in [0.15, 0.2) is 0 Å². The summed E-state index contributed by atoms with van der Waals surface area (Å²) in [6.45, 7) is 1.95. The molecule has 2 heterocycles. The molecular formula is C17H16FN3. The van der Waals surface area contributed by atoms with E-state index in [0.717, 1.165) is 22.2 Å². The number of hydrogen-bond acceptors (Lipinski definition) is 3. The quantitative estimate of drug-likeness (QED) is 0.799. The molecule has 0 aliphatic carbocycles. The molecule has 1 unspecified atom stereocenters. The largest absolute Gasteiger partial charge is 0.309 e. The molecule has 1 N–H and O–H groups in total. The molecule has 1 atom stereocenters. The van der Waals surface area contributed by atoms with Crippen molar-refractivity contribution in [3.05, 3.63) is 71.4 Å². The van der Waals surface area contributed by atoms with E-state index < -0.39 is 0 Å². The molecular weight excluding hydrogens is 265 g/mol. The minimum Gasteiger partial charge on any atom is -0.309 e. The lowest BCUT2D eigenvalue weighted by molar-refractivity contribution is 0.572. The second kappa shape index (κ2) is 5.58. The molecule has 0 bridgehead atoms. The fourth-order valence-electron chi connectivity index (χ4n) is 2.68. The van der Waals surface area contributed by atoms with Crippen LogP contribution in [0, 0.1) is 12.7 Å². The minimum absolute atomic E-state index is 0.236. The summed E-state index contributed by atoms with van der Waals surface area (Å²) in [7, 11) is 1.83. The smallest absolute Gasteiger partial charge is 0.146 e. The number of fused-ring (bicyclic) bond motifs is 1. The molecule has 0 radical (unpaired) electrons. The number of rotatable bonds is 3. The summed E-state index contributed by atoms with van der Waals surface area (Å²) in [5.41, 5.74) is 3.44. The maximum Gasteiger partial charge on any atom is 0.146 e. The number of benzene rings is 1. The van der Waals surface area contributed by atoms with Crippen LogP contribution in [-0.2, 0) is 0 Å². The van der Waals surface area contributed by atoms with Gasteiger partial charge in [-0.25, -0.2) is 4.39 Å². The first-order valence-corrected chi connectivity index (χ1v) is 6.83. The van der Waals surface area contributed by atoms with Crippen LogP contribution in [0.25, 0.3) is 10.9 Å². The molecule has 0 saturated heterocycles. The van der Waals surface area contributed by atoms with E-state index >= 15 is 0 Å². The lowest BCUT2D eigenvalue weighted by atomic mass is 9.95. The third kappa shape index (κ3) is 2.50. The fourth-order valence-corrected chi connectivity index (χ4v) is 2.68. The molecule has 0 aliphatic rings. The van der Waals surface area contributed by atoms with Gasteiger partial charge in [0, 0.05) is 22.8 Å². The van der Waals surface area contributed by atoms with Gasteiger partial charge in [-0.1, -0.05) is 18.2 Å². The summed E-state index contributed by atoms with van der Waals surface area (Å²) in [5, 5.41) is 4.23. The van der Waals surface area contributed by atoms with Crippen LogP contribution in [-0.4, -0.2) is 17.0 Å². The van der Waals surface area contributed by atoms with Crippen molar-refractivity contribution in [3.63, 3.8) is 0 Å². The van der Waals surface area contributed by atoms with Crippen LogP contribution in [0.5, 0.6) is 0 Å². The summed E-state index contributed by atoms with van der Waals surface area (Å²) in [5.74, 6) is -0.310. The van der Waals surface area contributed by atoms with Crippen LogP contribution in [0.3, 0.4) is 0 Å². The van der Waals surface area contributed by atoms with Gasteiger partial charge < -0.3 is 5.32 Å². The zero-order valence-corrected chi connectivity index (χ0v) is 12.0. The zero-order valence-electron chi connectivity index (χ0n) is 12.0. The van der Waals surface area contributed by atoms with Crippen molar-refractivity contribution in [2.24, 2.45) is 0 Å². The molecule has 2 aromatic heterocycles. The number of aryl methyl sites for hydroxylation is 1. The number of aromatic nitrogens is 2. The Hall–Kier alpha value is -2.33. The Balaban J connectivity index is 2.24. The minimum atomic E-state index is -0.310. The third-order valence-electron chi connectivity index (χ3n) is 3.59. The molecule has 0 amide bonds. The monoisotopic (exact) mass is 281 g/mol. The second-order valence-corrected chi connectivity index (χ2v) is 4.99. The molecule has 3 aromatic rings. The molecule has 106 valence electrons. The van der Waals surface area contributed by atoms with E-state index in [1.54, 1.807) is 12.3 Å². The Labute approximate surface area is 122 Å². The number of pyridine rings is 2. The first-order chi connectivity index (χ1) is 10.2. The van der Waals surface area contributed by atoms with E-state index in [2.05, 4.69) is 15.3 Å². The van der Waals surface area contributed by atoms with E-state index in [0.29, 0.717) is 5.56 Å². The molecule has 0 saturated carbocycles. The van der Waals surface area contributed by atoms with Gasteiger partial charge >= 0.3 is 0 Å². The van der Waals surface area contributed by atoms with Crippen LogP contribution >= 0.6 is 0 Å². The Morgan fingerprint density at radius 2 is 1.95 bits per heavy atom. The summed E-state index contributed by atoms with van der Waals surface area (Å²) in [6, 6.07) is 11.4. The van der Waals surface area contributed by atoms with Crippen LogP contribution in [0.1, 0.15) is 22.9 Å². The van der Waals surface area contributed by atoms with E-state index in [4.69, 9.17) is 0 Å². The van der Waals surface area contributed by atoms with E-state index in [9.17, 15) is 4.39 Å². The number of nitrogens with one attached hydrogen (secondary N) is 1. The SMILES string of the molecule is CNC(c1ccncc1F)c1cc(C)nc2ccccc12. The van der Waals surface area contributed by atoms with Gasteiger partial charge in [0.25, 0.3) is 0 Å². The van der Waals surface area contributed by atoms with Gasteiger partial charge in [-0.2, -0.15) is 0 Å². The molecule has 21 heavy (non-hydrogen) atoms. The standard InChI is InChI=1S/C17H16FN3/c1-11-9-14(12-5-3-4-6-16(12)21-11)17(19-2)13-7-8-20-10-15(13)18/h3-10,17,19H,1-2H3. The molecule has 0 spiro atoms. The van der Waals surface area contributed by atoms with Crippen LogP contribution in [0.4, 0.5) is 4.39 Å². The second-order valence-electron chi connectivity index (χ2n) is 4.99. The lowest BCUT2D eigenvalue weighted by Crippen LogP contribution is -2.19. The normalized spacial score (nSPS) is 12.5. The van der Waals surface area contributed by atoms with Crippen molar-refractivity contribution in [2.75, 3.05) is 7.05 Å². The van der Waals surface area contributed by atoms with Gasteiger partial charge in [0.1, 0.15) is 5.82 Å². The summed E-state index contributed by atoms with van der Waals surface area (Å²) in [4.78, 5) is 8.36. The highest BCUT2D eigenvalue weighted by atomic mass is 19.1. The van der Waals surface area contributed by atoms with E-state index in [1.165, 1.54) is 6.20 Å². The van der Waals surface area contributed by atoms with Crippen molar-refractivity contribution >= 4 is 10.9 Å². The maximum atomic E-state index is 14.1. The Morgan fingerprint density at radius 3 is 2.71 bits per heavy atom. The van der Waals surface area contributed by atoms with Crippen molar-refractivity contribution in [1.82, 2.24) is 15.3 Å². The third-order valence-corrected chi connectivity index (χ3v) is 3.59. The van der Waals surface area contributed by atoms with Crippen molar-refractivity contribution in [3.8, 4) is 0 Å². The predicted molar refractivity (Wildman–Crippen MR) is 81.6 cm³/mol. The first kappa shape index (κ1) is 13.6. The van der Waals surface area contributed by atoms with E-state index in [1.807, 2.05) is 44.3 Å². The first-order valence-electron chi connectivity index (χ1n) is 6.83.